The first-order chi connectivity index (χ1) is 32.9. The van der Waals surface area contributed by atoms with Crippen molar-refractivity contribution in [1.29, 1.82) is 0 Å². The van der Waals surface area contributed by atoms with Gasteiger partial charge in [-0.15, -0.1) is 34.4 Å². The Bertz CT molecular complexity index is 3600. The average molecular weight is 992 g/mol. The van der Waals surface area contributed by atoms with Crippen LogP contribution in [0.5, 0.6) is 0 Å². The van der Waals surface area contributed by atoms with Crippen molar-refractivity contribution in [2.24, 2.45) is 5.92 Å². The fraction of sp³-hybridized carbons (Fsp3) is 0.0351. The van der Waals surface area contributed by atoms with E-state index in [0.29, 0.717) is 0 Å². The van der Waals surface area contributed by atoms with Gasteiger partial charge in [0.05, 0.1) is 16.8 Å². The molecule has 2 unspecified atom stereocenters. The Kier molecular flexibility index (Phi) is 11.6. The van der Waals surface area contributed by atoms with Gasteiger partial charge in [-0.2, -0.15) is 0 Å². The van der Waals surface area contributed by atoms with Gasteiger partial charge in [-0.25, -0.2) is 0 Å². The summed E-state index contributed by atoms with van der Waals surface area (Å²) in [5, 5.41) is 3.16. The van der Waals surface area contributed by atoms with E-state index in [9.17, 15) is 14.4 Å². The van der Waals surface area contributed by atoms with Crippen LogP contribution in [-0.4, -0.2) is 11.0 Å². The number of thioether (sulfide) groups is 2. The molecule has 1 aliphatic heterocycles. The number of Topliss-reactive ketones (excluding diaryl/α,β-unsaturated/α-hetero) is 1. The zero-order valence-corrected chi connectivity index (χ0v) is 41.0. The van der Waals surface area contributed by atoms with Crippen LogP contribution in [0.2, 0.25) is 0 Å². The Morgan fingerprint density at radius 3 is 1.42 bits per heavy atom. The molecule has 10 aromatic rings. The van der Waals surface area contributed by atoms with Gasteiger partial charge in [0.25, 0.3) is 0 Å². The van der Waals surface area contributed by atoms with Gasteiger partial charge in [0.15, 0.2) is 31.3 Å². The van der Waals surface area contributed by atoms with Crippen LogP contribution in [0.4, 0.5) is 0 Å². The first kappa shape index (κ1) is 42.8. The third-order valence-electron chi connectivity index (χ3n) is 11.8. The summed E-state index contributed by atoms with van der Waals surface area (Å²) in [6.07, 6.45) is 6.50. The van der Waals surface area contributed by atoms with Gasteiger partial charge in [-0.05, 0) is 140 Å². The lowest BCUT2D eigenvalue weighted by Crippen LogP contribution is -2.29. The summed E-state index contributed by atoms with van der Waals surface area (Å²) >= 11 is 10.1. The summed E-state index contributed by atoms with van der Waals surface area (Å²) in [5.41, 5.74) is 0.974. The zero-order chi connectivity index (χ0) is 45.0. The molecule has 1 aliphatic carbocycles. The minimum atomic E-state index is -0.425. The second-order valence-corrected chi connectivity index (χ2v) is 24.9. The quantitative estimate of drug-likeness (QED) is 0.105. The van der Waals surface area contributed by atoms with Crippen LogP contribution in [0.3, 0.4) is 0 Å². The lowest BCUT2D eigenvalue weighted by atomic mass is 9.90. The monoisotopic (exact) mass is 991 g/mol. The van der Waals surface area contributed by atoms with Crippen LogP contribution in [0.15, 0.2) is 259 Å². The van der Waals surface area contributed by atoms with Crippen molar-refractivity contribution in [3.63, 3.8) is 0 Å². The molecule has 2 aliphatic rings. The minimum Gasteiger partial charge on any atom is -0.293 e. The highest BCUT2D eigenvalue weighted by Gasteiger charge is 2.35. The molecule has 12 rings (SSSR count). The Morgan fingerprint density at radius 2 is 0.881 bits per heavy atom. The lowest BCUT2D eigenvalue weighted by Gasteiger charge is -2.30. The maximum atomic E-state index is 13.5. The van der Waals surface area contributed by atoms with Crippen LogP contribution in [-0.2, 0) is 10.9 Å². The minimum absolute atomic E-state index is 0.0771. The predicted molar refractivity (Wildman–Crippen MR) is 288 cm³/mol. The zero-order valence-electron chi connectivity index (χ0n) is 35.3. The molecule has 2 aromatic heterocycles. The molecule has 322 valence electrons. The number of hydrogen-bond donors (Lipinski definition) is 0. The Hall–Kier alpha value is -5.56. The van der Waals surface area contributed by atoms with E-state index in [2.05, 4.69) is 115 Å². The maximum absolute atomic E-state index is 13.5. The van der Waals surface area contributed by atoms with E-state index >= 15 is 0 Å². The highest BCUT2D eigenvalue weighted by Crippen LogP contribution is 2.45. The maximum Gasteiger partial charge on any atom is 0.195 e. The summed E-state index contributed by atoms with van der Waals surface area (Å²) in [7, 11) is -0.425. The highest BCUT2D eigenvalue weighted by atomic mass is 32.2. The highest BCUT2D eigenvalue weighted by molar-refractivity contribution is 8.03. The van der Waals surface area contributed by atoms with Crippen molar-refractivity contribution in [3.05, 3.63) is 231 Å². The number of ketones is 1. The molecule has 3 nitrogen and oxygen atoms in total. The molecule has 0 saturated carbocycles. The molecule has 0 fully saturated rings. The third kappa shape index (κ3) is 8.43. The lowest BCUT2D eigenvalue weighted by molar-refractivity contribution is 0.0942. The van der Waals surface area contributed by atoms with Gasteiger partial charge < -0.3 is 0 Å². The molecule has 0 N–H and O–H groups in total. The van der Waals surface area contributed by atoms with Gasteiger partial charge in [-0.1, -0.05) is 96.0 Å². The van der Waals surface area contributed by atoms with E-state index in [1.165, 1.54) is 14.7 Å². The van der Waals surface area contributed by atoms with Gasteiger partial charge in [0.1, 0.15) is 0 Å². The van der Waals surface area contributed by atoms with Crippen molar-refractivity contribution >= 4 is 127 Å². The SMILES string of the molecule is O=C1c2ccccc2SC2C=CC(Sc3ccc([S+](c4ccc(Sc5ccc6sc7ccccc7c(=O)c6c5)cc4)c4ccc(Sc5ccc6sc7ccccc7c(=O)c6c5)cc4)cc3)=CC12. The Labute approximate surface area is 414 Å². The van der Waals surface area contributed by atoms with E-state index in [-0.39, 0.29) is 27.8 Å². The summed E-state index contributed by atoms with van der Waals surface area (Å²) in [6, 6.07) is 62.6. The van der Waals surface area contributed by atoms with E-state index in [1.54, 1.807) is 69.7 Å². The number of allylic oxidation sites excluding steroid dienone is 2. The first-order valence-corrected chi connectivity index (χ1v) is 27.8. The van der Waals surface area contributed by atoms with Crippen molar-refractivity contribution in [1.82, 2.24) is 0 Å². The fourth-order valence-electron chi connectivity index (χ4n) is 8.58. The smallest absolute Gasteiger partial charge is 0.195 e. The molecule has 2 atom stereocenters. The molecule has 67 heavy (non-hydrogen) atoms. The molecule has 3 heterocycles. The molecule has 0 radical (unpaired) electrons. The van der Waals surface area contributed by atoms with Gasteiger partial charge >= 0.3 is 0 Å². The summed E-state index contributed by atoms with van der Waals surface area (Å²) < 4.78 is 4.00. The van der Waals surface area contributed by atoms with E-state index in [4.69, 9.17) is 0 Å². The number of hydrogen-bond acceptors (Lipinski definition) is 9. The number of carbonyl (C=O) groups is 1. The molecule has 0 amide bonds. The Morgan fingerprint density at radius 1 is 0.433 bits per heavy atom. The van der Waals surface area contributed by atoms with Crippen LogP contribution in [0.1, 0.15) is 10.4 Å². The number of fused-ring (bicyclic) bond motifs is 6. The van der Waals surface area contributed by atoms with Crippen LogP contribution >= 0.6 is 69.7 Å². The van der Waals surface area contributed by atoms with Crippen molar-refractivity contribution in [2.75, 3.05) is 0 Å². The largest absolute Gasteiger partial charge is 0.293 e. The summed E-state index contributed by atoms with van der Waals surface area (Å²) in [4.78, 5) is 51.6. The van der Waals surface area contributed by atoms with Crippen LogP contribution in [0, 0.1) is 5.92 Å². The molecule has 8 aromatic carbocycles. The molecular weight excluding hydrogens is 957 g/mol. The van der Waals surface area contributed by atoms with E-state index < -0.39 is 10.9 Å². The number of benzene rings is 8. The second kappa shape index (κ2) is 18.2. The number of rotatable bonds is 9. The summed E-state index contributed by atoms with van der Waals surface area (Å²) in [6.45, 7) is 0. The van der Waals surface area contributed by atoms with Crippen molar-refractivity contribution in [3.8, 4) is 0 Å². The predicted octanol–water partition coefficient (Wildman–Crippen LogP) is 16.1. The average Bonchev–Trinajstić information content (AvgIpc) is 3.36. The number of carbonyl (C=O) groups excluding carboxylic acids is 1. The summed E-state index contributed by atoms with van der Waals surface area (Å²) in [5.74, 6) is 0.0263. The molecule has 10 heteroatoms. The topological polar surface area (TPSA) is 51.2 Å². The third-order valence-corrected chi connectivity index (χ3v) is 20.7. The van der Waals surface area contributed by atoms with Crippen LogP contribution in [0.25, 0.3) is 40.3 Å². The van der Waals surface area contributed by atoms with Gasteiger partial charge in [-0.3, -0.25) is 14.4 Å². The van der Waals surface area contributed by atoms with Crippen molar-refractivity contribution in [2.45, 2.75) is 49.3 Å². The van der Waals surface area contributed by atoms with E-state index in [1.807, 2.05) is 84.9 Å². The normalized spacial score (nSPS) is 15.6. The van der Waals surface area contributed by atoms with Crippen LogP contribution < -0.4 is 10.9 Å². The van der Waals surface area contributed by atoms with Crippen molar-refractivity contribution < 1.29 is 4.79 Å². The first-order valence-electron chi connectivity index (χ1n) is 21.6. The van der Waals surface area contributed by atoms with Gasteiger partial charge in [0, 0.05) is 85.4 Å². The van der Waals surface area contributed by atoms with E-state index in [0.717, 1.165) is 80.2 Å². The molecule has 0 saturated heterocycles. The van der Waals surface area contributed by atoms with Gasteiger partial charge in [0.2, 0.25) is 0 Å². The Balaban J connectivity index is 0.831. The molecule has 0 bridgehead atoms. The molecule has 0 spiro atoms. The second-order valence-electron chi connectivity index (χ2n) is 16.1. The fourth-order valence-corrected chi connectivity index (χ4v) is 16.6. The standard InChI is InChI=1S/C57H35O3S7/c58-55-43-7-1-4-10-49(43)64-52-28-19-37(31-46(52)55)61-34-13-22-40(23-14-34)67(41-24-15-35(16-25-41)62-38-20-29-53-47(32-38)56(59)44-8-2-5-11-50(44)65-53)42-26-17-36(18-27-42)63-39-21-30-54-48(33-39)57(60)45-9-3-6-12-51(45)66-54/h1-33,46,52H/q+1. The molecular formula is C57H35O3S7+.